The van der Waals surface area contributed by atoms with Gasteiger partial charge in [0.15, 0.2) is 6.10 Å². The van der Waals surface area contributed by atoms with Crippen molar-refractivity contribution in [2.45, 2.75) is 193 Å². The number of rotatable bonds is 41. The molecule has 8 nitrogen and oxygen atoms in total. The van der Waals surface area contributed by atoms with Crippen LogP contribution in [0.3, 0.4) is 0 Å². The molecular weight excluding hydrogens is 739 g/mol. The van der Waals surface area contributed by atoms with Crippen LogP contribution >= 0.6 is 0 Å². The molecule has 0 saturated carbocycles. The molecule has 0 amide bonds. The van der Waals surface area contributed by atoms with E-state index < -0.39 is 18.1 Å². The summed E-state index contributed by atoms with van der Waals surface area (Å²) in [6.07, 6.45) is 52.3. The second-order valence-electron chi connectivity index (χ2n) is 16.6. The topological polar surface area (TPSA) is 102 Å². The van der Waals surface area contributed by atoms with Gasteiger partial charge in [-0.3, -0.25) is 9.59 Å². The summed E-state index contributed by atoms with van der Waals surface area (Å²) >= 11 is 0. The van der Waals surface area contributed by atoms with Gasteiger partial charge in [-0.25, -0.2) is 0 Å². The van der Waals surface area contributed by atoms with Crippen LogP contribution in [0, 0.1) is 0 Å². The van der Waals surface area contributed by atoms with E-state index in [9.17, 15) is 19.5 Å². The number of allylic oxidation sites excluding steroid dienone is 12. The summed E-state index contributed by atoms with van der Waals surface area (Å²) in [4.78, 5) is 36.9. The zero-order chi connectivity index (χ0) is 43.5. The molecule has 0 heterocycles. The SMILES string of the molecule is CC/C=C/C/C=C/C/C=C/CCCCCCCCCCCCCCCC(=O)OCC(COCCC(C(=O)[O-])[N+](C)(C)C)OC(=O)CCCC/C=C/C/C=C/C/C=C/CC. The molecule has 2 atom stereocenters. The number of unbranched alkanes of at least 4 members (excludes halogenated alkanes) is 15. The molecule has 2 unspecified atom stereocenters. The lowest BCUT2D eigenvalue weighted by Gasteiger charge is -2.34. The Kier molecular flexibility index (Phi) is 39.2. The minimum atomic E-state index is -1.13. The molecule has 0 aliphatic rings. The third-order valence-corrected chi connectivity index (χ3v) is 10.1. The van der Waals surface area contributed by atoms with E-state index in [0.29, 0.717) is 12.8 Å². The second-order valence-corrected chi connectivity index (χ2v) is 16.6. The van der Waals surface area contributed by atoms with Gasteiger partial charge in [-0.1, -0.05) is 157 Å². The Morgan fingerprint density at radius 2 is 0.898 bits per heavy atom. The van der Waals surface area contributed by atoms with Crippen molar-refractivity contribution in [1.29, 1.82) is 0 Å². The molecule has 59 heavy (non-hydrogen) atoms. The van der Waals surface area contributed by atoms with Gasteiger partial charge in [0.2, 0.25) is 0 Å². The van der Waals surface area contributed by atoms with E-state index in [1.54, 1.807) is 21.1 Å². The summed E-state index contributed by atoms with van der Waals surface area (Å²) in [5, 5.41) is 11.6. The first-order chi connectivity index (χ1) is 28.6. The van der Waals surface area contributed by atoms with Crippen molar-refractivity contribution in [2.75, 3.05) is 41.0 Å². The minimum absolute atomic E-state index is 0.0225. The highest BCUT2D eigenvalue weighted by Gasteiger charge is 2.25. The van der Waals surface area contributed by atoms with Crippen LogP contribution in [-0.2, 0) is 28.6 Å². The number of likely N-dealkylation sites (N-methyl/N-ethyl adjacent to an activating group) is 1. The quantitative estimate of drug-likeness (QED) is 0.0262. The van der Waals surface area contributed by atoms with Crippen LogP contribution in [0.15, 0.2) is 72.9 Å². The van der Waals surface area contributed by atoms with Crippen molar-refractivity contribution in [3.63, 3.8) is 0 Å². The van der Waals surface area contributed by atoms with Gasteiger partial charge in [-0.05, 0) is 77.0 Å². The maximum absolute atomic E-state index is 12.7. The Balaban J connectivity index is 4.23. The first-order valence-corrected chi connectivity index (χ1v) is 23.5. The van der Waals surface area contributed by atoms with Crippen molar-refractivity contribution in [2.24, 2.45) is 0 Å². The zero-order valence-electron chi connectivity index (χ0n) is 38.4. The van der Waals surface area contributed by atoms with Crippen molar-refractivity contribution in [1.82, 2.24) is 0 Å². The molecule has 0 aliphatic carbocycles. The standard InChI is InChI=1S/C51H87NO7/c1-6-8-10-12-14-16-18-20-21-22-23-24-25-26-27-28-29-30-32-33-35-37-39-41-49(53)58-46-47(45-57-44-43-48(51(55)56)52(3,4)5)59-50(54)42-40-38-36-34-31-19-17-15-13-11-9-7-2/h8-11,14-17,20-21,31,34,47-48H,6-7,12-13,18-19,22-30,32-33,35-46H2,1-5H3/b10-8+,11-9+,16-14+,17-15+,21-20+,34-31+. The molecule has 0 aromatic heterocycles. The van der Waals surface area contributed by atoms with Gasteiger partial charge in [-0.2, -0.15) is 0 Å². The Labute approximate surface area is 361 Å². The molecule has 0 bridgehead atoms. The molecule has 0 radical (unpaired) electrons. The number of carboxylic acid groups (broad SMARTS) is 1. The van der Waals surface area contributed by atoms with Crippen LogP contribution < -0.4 is 5.11 Å². The normalized spacial score (nSPS) is 13.6. The number of esters is 2. The molecule has 338 valence electrons. The summed E-state index contributed by atoms with van der Waals surface area (Å²) in [5.41, 5.74) is 0. The molecule has 0 saturated heterocycles. The van der Waals surface area contributed by atoms with Crippen molar-refractivity contribution in [3.05, 3.63) is 72.9 Å². The number of quaternary nitrogens is 1. The molecule has 0 aromatic rings. The summed E-state index contributed by atoms with van der Waals surface area (Å²) in [6, 6.07) is -0.735. The van der Waals surface area contributed by atoms with Gasteiger partial charge in [0, 0.05) is 19.3 Å². The molecule has 0 aliphatic heterocycles. The Morgan fingerprint density at radius 1 is 0.508 bits per heavy atom. The summed E-state index contributed by atoms with van der Waals surface area (Å²) in [6.45, 7) is 4.39. The zero-order valence-corrected chi connectivity index (χ0v) is 38.4. The second kappa shape index (κ2) is 41.5. The van der Waals surface area contributed by atoms with Gasteiger partial charge in [0.05, 0.1) is 40.3 Å². The van der Waals surface area contributed by atoms with E-state index in [4.69, 9.17) is 14.2 Å². The van der Waals surface area contributed by atoms with Gasteiger partial charge >= 0.3 is 11.9 Å². The molecule has 0 rings (SSSR count). The molecule has 8 heteroatoms. The van der Waals surface area contributed by atoms with E-state index >= 15 is 0 Å². The van der Waals surface area contributed by atoms with E-state index in [1.165, 1.54) is 70.6 Å². The van der Waals surface area contributed by atoms with E-state index in [1.807, 2.05) is 0 Å². The highest BCUT2D eigenvalue weighted by Crippen LogP contribution is 2.15. The van der Waals surface area contributed by atoms with Crippen LogP contribution in [0.5, 0.6) is 0 Å². The average Bonchev–Trinajstić information content (AvgIpc) is 3.19. The molecule has 0 spiro atoms. The lowest BCUT2D eigenvalue weighted by atomic mass is 10.0. The molecule has 0 fully saturated rings. The number of carboxylic acids is 1. The van der Waals surface area contributed by atoms with Crippen LogP contribution in [0.2, 0.25) is 0 Å². The summed E-state index contributed by atoms with van der Waals surface area (Å²) in [7, 11) is 5.39. The predicted octanol–water partition coefficient (Wildman–Crippen LogP) is 11.8. The summed E-state index contributed by atoms with van der Waals surface area (Å²) in [5.74, 6) is -1.79. The first-order valence-electron chi connectivity index (χ1n) is 23.5. The van der Waals surface area contributed by atoms with Crippen molar-refractivity contribution in [3.8, 4) is 0 Å². The smallest absolute Gasteiger partial charge is 0.306 e. The maximum atomic E-state index is 12.7. The fraction of sp³-hybridized carbons (Fsp3) is 0.706. The number of carbonyl (C=O) groups excluding carboxylic acids is 3. The van der Waals surface area contributed by atoms with Gasteiger partial charge in [0.25, 0.3) is 0 Å². The van der Waals surface area contributed by atoms with Gasteiger partial charge < -0.3 is 28.6 Å². The van der Waals surface area contributed by atoms with Crippen LogP contribution in [0.25, 0.3) is 0 Å². The third-order valence-electron chi connectivity index (χ3n) is 10.1. The Hall–Kier alpha value is -3.23. The largest absolute Gasteiger partial charge is 0.544 e. The summed E-state index contributed by atoms with van der Waals surface area (Å²) < 4.78 is 17.1. The number of ether oxygens (including phenoxy) is 3. The average molecular weight is 826 g/mol. The van der Waals surface area contributed by atoms with E-state index in [-0.39, 0.29) is 49.1 Å². The van der Waals surface area contributed by atoms with Gasteiger partial charge in [-0.15, -0.1) is 0 Å². The molecule has 0 N–H and O–H groups in total. The number of aliphatic carboxylic acids is 1. The Morgan fingerprint density at radius 3 is 1.36 bits per heavy atom. The van der Waals surface area contributed by atoms with Crippen molar-refractivity contribution >= 4 is 17.9 Å². The maximum Gasteiger partial charge on any atom is 0.306 e. The van der Waals surface area contributed by atoms with E-state index in [2.05, 4.69) is 86.8 Å². The molecule has 0 aromatic carbocycles. The number of carbonyl (C=O) groups is 3. The Bertz CT molecular complexity index is 1190. The fourth-order valence-electron chi connectivity index (χ4n) is 6.51. The van der Waals surface area contributed by atoms with Crippen LogP contribution in [0.4, 0.5) is 0 Å². The van der Waals surface area contributed by atoms with E-state index in [0.717, 1.165) is 70.6 Å². The predicted molar refractivity (Wildman–Crippen MR) is 245 cm³/mol. The number of nitrogens with zero attached hydrogens (tertiary/aromatic N) is 1. The highest BCUT2D eigenvalue weighted by atomic mass is 16.6. The first kappa shape index (κ1) is 55.8. The van der Waals surface area contributed by atoms with Crippen LogP contribution in [-0.4, -0.2) is 75.5 Å². The highest BCUT2D eigenvalue weighted by molar-refractivity contribution is 5.70. The van der Waals surface area contributed by atoms with Crippen LogP contribution in [0.1, 0.15) is 181 Å². The lowest BCUT2D eigenvalue weighted by Crippen LogP contribution is -2.55. The minimum Gasteiger partial charge on any atom is -0.544 e. The van der Waals surface area contributed by atoms with Crippen molar-refractivity contribution < 1.29 is 38.2 Å². The fourth-order valence-corrected chi connectivity index (χ4v) is 6.51. The third kappa shape index (κ3) is 40.0. The lowest BCUT2D eigenvalue weighted by molar-refractivity contribution is -0.889. The number of hydrogen-bond acceptors (Lipinski definition) is 7. The molecular formula is C51H87NO7. The monoisotopic (exact) mass is 826 g/mol. The number of hydrogen-bond donors (Lipinski definition) is 0. The van der Waals surface area contributed by atoms with Gasteiger partial charge in [0.1, 0.15) is 12.6 Å².